The molecular weight excluding hydrogens is 400 g/mol. The molecule has 0 spiro atoms. The van der Waals surface area contributed by atoms with Crippen molar-refractivity contribution in [2.24, 2.45) is 0 Å². The van der Waals surface area contributed by atoms with Crippen molar-refractivity contribution in [1.29, 1.82) is 0 Å². The number of nitrogens with one attached hydrogen (secondary N) is 1. The van der Waals surface area contributed by atoms with Gasteiger partial charge in [-0.2, -0.15) is 0 Å². The fourth-order valence-electron chi connectivity index (χ4n) is 2.31. The first-order valence-electron chi connectivity index (χ1n) is 8.49. The Hall–Kier alpha value is -1.90. The first-order valence-corrected chi connectivity index (χ1v) is 11.7. The molecule has 27 heavy (non-hydrogen) atoms. The minimum Gasteiger partial charge on any atom is -0.494 e. The highest BCUT2D eigenvalue weighted by atomic mass is 32.2. The van der Waals surface area contributed by atoms with Crippen LogP contribution in [-0.2, 0) is 15.4 Å². The van der Waals surface area contributed by atoms with Crippen molar-refractivity contribution in [2.45, 2.75) is 37.3 Å². The van der Waals surface area contributed by atoms with Crippen LogP contribution in [0.2, 0.25) is 0 Å². The molecule has 144 valence electrons. The molecule has 2 heterocycles. The van der Waals surface area contributed by atoms with E-state index in [0.717, 1.165) is 16.3 Å². The zero-order valence-electron chi connectivity index (χ0n) is 15.6. The van der Waals surface area contributed by atoms with Crippen LogP contribution in [0.5, 0.6) is 5.75 Å². The quantitative estimate of drug-likeness (QED) is 0.580. The fourth-order valence-corrected chi connectivity index (χ4v) is 5.64. The first-order chi connectivity index (χ1) is 12.7. The van der Waals surface area contributed by atoms with Crippen molar-refractivity contribution in [2.75, 3.05) is 11.3 Å². The molecular formula is C19H22N2O3S3. The van der Waals surface area contributed by atoms with Crippen molar-refractivity contribution < 1.29 is 13.2 Å². The van der Waals surface area contributed by atoms with Crippen LogP contribution in [0.4, 0.5) is 5.69 Å². The molecule has 0 bridgehead atoms. The van der Waals surface area contributed by atoms with E-state index in [9.17, 15) is 8.42 Å². The van der Waals surface area contributed by atoms with Gasteiger partial charge in [-0.25, -0.2) is 13.4 Å². The average Bonchev–Trinajstić information content (AvgIpc) is 3.25. The van der Waals surface area contributed by atoms with E-state index in [4.69, 9.17) is 4.74 Å². The highest BCUT2D eigenvalue weighted by molar-refractivity contribution is 7.94. The Bertz CT molecular complexity index is 1010. The lowest BCUT2D eigenvalue weighted by Crippen LogP contribution is -2.11. The van der Waals surface area contributed by atoms with Gasteiger partial charge in [-0.1, -0.05) is 20.8 Å². The second-order valence-electron chi connectivity index (χ2n) is 7.01. The molecule has 0 aliphatic rings. The molecule has 5 nitrogen and oxygen atoms in total. The van der Waals surface area contributed by atoms with E-state index in [2.05, 4.69) is 30.5 Å². The maximum Gasteiger partial charge on any atom is 0.271 e. The molecule has 0 aliphatic carbocycles. The summed E-state index contributed by atoms with van der Waals surface area (Å²) in [6.45, 7) is 8.79. The topological polar surface area (TPSA) is 68.3 Å². The van der Waals surface area contributed by atoms with E-state index >= 15 is 0 Å². The number of aromatic nitrogens is 1. The summed E-state index contributed by atoms with van der Waals surface area (Å²) in [5.74, 6) is 0.706. The summed E-state index contributed by atoms with van der Waals surface area (Å²) in [6, 6.07) is 8.53. The number of thiazole rings is 1. The third kappa shape index (κ3) is 4.69. The van der Waals surface area contributed by atoms with Crippen LogP contribution < -0.4 is 9.46 Å². The van der Waals surface area contributed by atoms with Gasteiger partial charge in [-0.3, -0.25) is 4.72 Å². The van der Waals surface area contributed by atoms with Crippen molar-refractivity contribution in [3.63, 3.8) is 0 Å². The van der Waals surface area contributed by atoms with Crippen LogP contribution in [-0.4, -0.2) is 20.0 Å². The Balaban J connectivity index is 1.79. The third-order valence-corrected chi connectivity index (χ3v) is 7.49. The molecule has 8 heteroatoms. The van der Waals surface area contributed by atoms with Crippen LogP contribution in [0.3, 0.4) is 0 Å². The average molecular weight is 423 g/mol. The second-order valence-corrected chi connectivity index (χ2v) is 10.7. The van der Waals surface area contributed by atoms with E-state index in [1.807, 2.05) is 17.7 Å². The normalized spacial score (nSPS) is 12.1. The molecule has 0 unspecified atom stereocenters. The van der Waals surface area contributed by atoms with Gasteiger partial charge in [0.15, 0.2) is 0 Å². The smallest absolute Gasteiger partial charge is 0.271 e. The fraction of sp³-hybridized carbons (Fsp3) is 0.316. The molecule has 2 aromatic heterocycles. The minimum atomic E-state index is -3.64. The number of benzene rings is 1. The predicted molar refractivity (Wildman–Crippen MR) is 113 cm³/mol. The summed E-state index contributed by atoms with van der Waals surface area (Å²) < 4.78 is 33.6. The molecule has 0 atom stereocenters. The lowest BCUT2D eigenvalue weighted by atomic mass is 9.93. The molecule has 1 N–H and O–H groups in total. The highest BCUT2D eigenvalue weighted by Crippen LogP contribution is 2.34. The number of sulfonamides is 1. The summed E-state index contributed by atoms with van der Waals surface area (Å²) in [7, 11) is -3.64. The third-order valence-electron chi connectivity index (χ3n) is 3.78. The van der Waals surface area contributed by atoms with Crippen LogP contribution >= 0.6 is 22.7 Å². The number of hydrogen-bond acceptors (Lipinski definition) is 6. The van der Waals surface area contributed by atoms with Gasteiger partial charge >= 0.3 is 0 Å². The number of nitrogens with zero attached hydrogens (tertiary/aromatic N) is 1. The Morgan fingerprint density at radius 3 is 2.41 bits per heavy atom. The monoisotopic (exact) mass is 422 g/mol. The van der Waals surface area contributed by atoms with Crippen molar-refractivity contribution in [3.05, 3.63) is 46.8 Å². The van der Waals surface area contributed by atoms with Gasteiger partial charge in [0.1, 0.15) is 15.0 Å². The molecule has 0 saturated carbocycles. The van der Waals surface area contributed by atoms with Crippen LogP contribution in [0.1, 0.15) is 33.4 Å². The first kappa shape index (κ1) is 19.9. The van der Waals surface area contributed by atoms with Gasteiger partial charge in [-0.05, 0) is 37.3 Å². The van der Waals surface area contributed by atoms with E-state index in [1.165, 1.54) is 22.7 Å². The number of thiophene rings is 1. The van der Waals surface area contributed by atoms with Gasteiger partial charge in [-0.15, -0.1) is 22.7 Å². The summed E-state index contributed by atoms with van der Waals surface area (Å²) >= 11 is 2.72. The standard InChI is InChI=1S/C19H22N2O3S3/c1-5-24-15-8-6-14(7-9-15)21-27(22,23)17-10-13(11-25-17)18-20-16(12-26-18)19(2,3)4/h6-12,21H,5H2,1-4H3. The maximum absolute atomic E-state index is 12.7. The van der Waals surface area contributed by atoms with Crippen molar-refractivity contribution in [3.8, 4) is 16.3 Å². The number of ether oxygens (including phenoxy) is 1. The van der Waals surface area contributed by atoms with Crippen LogP contribution in [0.25, 0.3) is 10.6 Å². The summed E-state index contributed by atoms with van der Waals surface area (Å²) in [5, 5.41) is 4.69. The van der Waals surface area contributed by atoms with Gasteiger partial charge in [0.05, 0.1) is 12.3 Å². The Kier molecular flexibility index (Phi) is 5.60. The number of anilines is 1. The largest absolute Gasteiger partial charge is 0.494 e. The molecule has 0 saturated heterocycles. The lowest BCUT2D eigenvalue weighted by molar-refractivity contribution is 0.340. The summed E-state index contributed by atoms with van der Waals surface area (Å²) in [6.07, 6.45) is 0. The Labute approximate surface area is 168 Å². The molecule has 0 fully saturated rings. The van der Waals surface area contributed by atoms with E-state index in [0.29, 0.717) is 18.0 Å². The zero-order chi connectivity index (χ0) is 19.7. The predicted octanol–water partition coefficient (Wildman–Crippen LogP) is 5.37. The lowest BCUT2D eigenvalue weighted by Gasteiger charge is -2.14. The summed E-state index contributed by atoms with van der Waals surface area (Å²) in [4.78, 5) is 4.65. The Morgan fingerprint density at radius 2 is 1.81 bits per heavy atom. The molecule has 0 radical (unpaired) electrons. The molecule has 0 aliphatic heterocycles. The summed E-state index contributed by atoms with van der Waals surface area (Å²) in [5.41, 5.74) is 2.30. The van der Waals surface area contributed by atoms with E-state index in [1.54, 1.807) is 30.3 Å². The van der Waals surface area contributed by atoms with Crippen LogP contribution in [0, 0.1) is 0 Å². The van der Waals surface area contributed by atoms with Crippen molar-refractivity contribution in [1.82, 2.24) is 4.98 Å². The van der Waals surface area contributed by atoms with Gasteiger partial charge < -0.3 is 4.74 Å². The molecule has 0 amide bonds. The molecule has 1 aromatic carbocycles. The highest BCUT2D eigenvalue weighted by Gasteiger charge is 2.21. The SMILES string of the molecule is CCOc1ccc(NS(=O)(=O)c2cc(-c3nc(C(C)(C)C)cs3)cs2)cc1. The van der Waals surface area contributed by atoms with Gasteiger partial charge in [0.25, 0.3) is 10.0 Å². The van der Waals surface area contributed by atoms with E-state index < -0.39 is 10.0 Å². The minimum absolute atomic E-state index is 0.0329. The Morgan fingerprint density at radius 1 is 1.11 bits per heavy atom. The zero-order valence-corrected chi connectivity index (χ0v) is 18.1. The number of hydrogen-bond donors (Lipinski definition) is 1. The van der Waals surface area contributed by atoms with Crippen molar-refractivity contribution >= 4 is 38.4 Å². The van der Waals surface area contributed by atoms with E-state index in [-0.39, 0.29) is 9.62 Å². The maximum atomic E-state index is 12.7. The number of rotatable bonds is 6. The second kappa shape index (κ2) is 7.61. The van der Waals surface area contributed by atoms with Gasteiger partial charge in [0, 0.05) is 27.4 Å². The molecule has 3 rings (SSSR count). The van der Waals surface area contributed by atoms with Crippen LogP contribution in [0.15, 0.2) is 45.3 Å². The molecule has 3 aromatic rings. The van der Waals surface area contributed by atoms with Gasteiger partial charge in [0.2, 0.25) is 0 Å².